The lowest BCUT2D eigenvalue weighted by molar-refractivity contribution is -0.138. The molecule has 1 aliphatic heterocycles. The summed E-state index contributed by atoms with van der Waals surface area (Å²) in [6.45, 7) is 5.28. The van der Waals surface area contributed by atoms with Gasteiger partial charge in [0.05, 0.1) is 17.5 Å². The summed E-state index contributed by atoms with van der Waals surface area (Å²) in [5.74, 6) is 1.26. The number of halogens is 2. The minimum Gasteiger partial charge on any atom is -0.383 e. The first-order valence-corrected chi connectivity index (χ1v) is 9.46. The van der Waals surface area contributed by atoms with E-state index >= 15 is 0 Å². The van der Waals surface area contributed by atoms with Crippen molar-refractivity contribution in [3.05, 3.63) is 30.1 Å². The van der Waals surface area contributed by atoms with E-state index in [1.807, 2.05) is 36.1 Å². The average molecular weight is 394 g/mol. The van der Waals surface area contributed by atoms with Crippen LogP contribution in [0.4, 0.5) is 5.82 Å². The maximum atomic E-state index is 12.7. The van der Waals surface area contributed by atoms with Crippen LogP contribution in [0.25, 0.3) is 10.9 Å². The summed E-state index contributed by atoms with van der Waals surface area (Å²) in [6, 6.07) is 7.73. The van der Waals surface area contributed by atoms with Crippen molar-refractivity contribution in [1.29, 1.82) is 0 Å². The van der Waals surface area contributed by atoms with Gasteiger partial charge in [-0.15, -0.1) is 23.2 Å². The van der Waals surface area contributed by atoms with Gasteiger partial charge in [-0.3, -0.25) is 9.69 Å². The number of aromatic nitrogens is 2. The lowest BCUT2D eigenvalue weighted by atomic mass is 10.1. The molecule has 2 fully saturated rings. The molecule has 2 heterocycles. The zero-order valence-corrected chi connectivity index (χ0v) is 16.1. The normalized spacial score (nSPS) is 25.4. The first kappa shape index (κ1) is 17.8. The zero-order chi connectivity index (χ0) is 18.5. The van der Waals surface area contributed by atoms with Gasteiger partial charge in [-0.2, -0.15) is 0 Å². The van der Waals surface area contributed by atoms with Crippen LogP contribution in [-0.2, 0) is 11.3 Å². The second kappa shape index (κ2) is 6.22. The van der Waals surface area contributed by atoms with Gasteiger partial charge in [0.15, 0.2) is 0 Å². The fraction of sp³-hybridized carbons (Fsp3) is 0.500. The summed E-state index contributed by atoms with van der Waals surface area (Å²) in [5, 5.41) is 0.870. The van der Waals surface area contributed by atoms with E-state index in [1.54, 1.807) is 0 Å². The van der Waals surface area contributed by atoms with Crippen molar-refractivity contribution in [1.82, 2.24) is 19.8 Å². The first-order chi connectivity index (χ1) is 12.3. The molecule has 6 nitrogen and oxygen atoms in total. The molecule has 2 aromatic rings. The number of nitrogens with two attached hydrogens (primary N) is 1. The predicted octanol–water partition coefficient (Wildman–Crippen LogP) is 2.44. The number of hydrogen-bond acceptors (Lipinski definition) is 5. The molecule has 26 heavy (non-hydrogen) atoms. The molecule has 1 saturated carbocycles. The number of fused-ring (bicyclic) bond motifs is 1. The van der Waals surface area contributed by atoms with Gasteiger partial charge in [0, 0.05) is 31.6 Å². The smallest absolute Gasteiger partial charge is 0.231 e. The number of para-hydroxylation sites is 1. The number of piperazine rings is 1. The summed E-state index contributed by atoms with van der Waals surface area (Å²) in [7, 11) is 0. The maximum Gasteiger partial charge on any atom is 0.231 e. The Labute approximate surface area is 162 Å². The van der Waals surface area contributed by atoms with E-state index in [4.69, 9.17) is 28.9 Å². The largest absolute Gasteiger partial charge is 0.383 e. The van der Waals surface area contributed by atoms with Gasteiger partial charge in [-0.25, -0.2) is 9.97 Å². The molecule has 138 valence electrons. The van der Waals surface area contributed by atoms with Crippen molar-refractivity contribution in [2.75, 3.05) is 31.9 Å². The Hall–Kier alpha value is -1.63. The molecular weight excluding hydrogens is 373 g/mol. The van der Waals surface area contributed by atoms with Crippen LogP contribution in [0.2, 0.25) is 0 Å². The van der Waals surface area contributed by atoms with Gasteiger partial charge >= 0.3 is 0 Å². The lowest BCUT2D eigenvalue weighted by Crippen LogP contribution is -2.50. The Kier molecular flexibility index (Phi) is 4.25. The number of benzene rings is 1. The summed E-state index contributed by atoms with van der Waals surface area (Å²) >= 11 is 12.3. The van der Waals surface area contributed by atoms with Crippen molar-refractivity contribution in [2.24, 2.45) is 5.41 Å². The number of nitrogens with zero attached hydrogens (tertiary/aromatic N) is 4. The molecule has 4 rings (SSSR count). The number of nitrogen functional groups attached to an aromatic ring is 1. The average Bonchev–Trinajstić information content (AvgIpc) is 3.14. The molecule has 2 N–H and O–H groups in total. The van der Waals surface area contributed by atoms with Crippen LogP contribution in [0.3, 0.4) is 0 Å². The lowest BCUT2D eigenvalue weighted by Gasteiger charge is -2.36. The molecule has 0 bridgehead atoms. The highest BCUT2D eigenvalue weighted by Gasteiger charge is 2.68. The van der Waals surface area contributed by atoms with E-state index in [1.165, 1.54) is 0 Å². The first-order valence-electron chi connectivity index (χ1n) is 8.71. The summed E-state index contributed by atoms with van der Waals surface area (Å²) in [4.78, 5) is 25.8. The van der Waals surface area contributed by atoms with Gasteiger partial charge in [0.1, 0.15) is 16.0 Å². The Morgan fingerprint density at radius 3 is 2.50 bits per heavy atom. The van der Waals surface area contributed by atoms with E-state index in [0.717, 1.165) is 24.0 Å². The monoisotopic (exact) mass is 393 g/mol. The minimum absolute atomic E-state index is 0.0494. The highest BCUT2D eigenvalue weighted by Crippen LogP contribution is 2.64. The van der Waals surface area contributed by atoms with Gasteiger partial charge in [0.25, 0.3) is 0 Å². The zero-order valence-electron chi connectivity index (χ0n) is 14.6. The standard InChI is InChI=1S/C18H21Cl2N5O/c1-17(11-18(17,19)20)16(26)25-8-6-24(7-9-25)10-14-22-13-5-3-2-4-12(13)15(21)23-14/h2-5H,6-11H2,1H3,(H2,21,22,23). The molecule has 8 heteroatoms. The van der Waals surface area contributed by atoms with E-state index < -0.39 is 9.75 Å². The third kappa shape index (κ3) is 3.00. The number of amides is 1. The number of carbonyl (C=O) groups excluding carboxylic acids is 1. The van der Waals surface area contributed by atoms with E-state index in [9.17, 15) is 4.79 Å². The maximum absolute atomic E-state index is 12.7. The third-order valence-electron chi connectivity index (χ3n) is 5.43. The number of carbonyl (C=O) groups is 1. The SMILES string of the molecule is CC1(C(=O)N2CCN(Cc3nc(N)c4ccccc4n3)CC2)CC1(Cl)Cl. The Balaban J connectivity index is 1.39. The molecule has 1 aromatic carbocycles. The number of anilines is 1. The fourth-order valence-electron chi connectivity index (χ4n) is 3.51. The van der Waals surface area contributed by atoms with Crippen LogP contribution in [0.5, 0.6) is 0 Å². The molecule has 1 aliphatic carbocycles. The Morgan fingerprint density at radius 1 is 1.19 bits per heavy atom. The molecule has 1 atom stereocenters. The highest BCUT2D eigenvalue weighted by atomic mass is 35.5. The van der Waals surface area contributed by atoms with Crippen molar-refractivity contribution in [3.8, 4) is 0 Å². The molecule has 2 aliphatic rings. The molecule has 0 spiro atoms. The van der Waals surface area contributed by atoms with Gasteiger partial charge in [-0.1, -0.05) is 12.1 Å². The summed E-state index contributed by atoms with van der Waals surface area (Å²) < 4.78 is -0.919. The van der Waals surface area contributed by atoms with E-state index in [0.29, 0.717) is 37.7 Å². The van der Waals surface area contributed by atoms with Gasteiger partial charge in [0.2, 0.25) is 5.91 Å². The van der Waals surface area contributed by atoms with Crippen LogP contribution in [0, 0.1) is 5.41 Å². The number of hydrogen-bond donors (Lipinski definition) is 1. The second-order valence-electron chi connectivity index (χ2n) is 7.32. The van der Waals surface area contributed by atoms with Crippen LogP contribution in [-0.4, -0.2) is 56.2 Å². The van der Waals surface area contributed by atoms with Crippen LogP contribution < -0.4 is 5.73 Å². The highest BCUT2D eigenvalue weighted by molar-refractivity contribution is 6.53. The fourth-order valence-corrected chi connectivity index (χ4v) is 4.21. The molecular formula is C18H21Cl2N5O. The Morgan fingerprint density at radius 2 is 1.85 bits per heavy atom. The van der Waals surface area contributed by atoms with Crippen molar-refractivity contribution >= 4 is 45.8 Å². The van der Waals surface area contributed by atoms with E-state index in [-0.39, 0.29) is 5.91 Å². The van der Waals surface area contributed by atoms with Crippen LogP contribution in [0.1, 0.15) is 19.2 Å². The molecule has 1 saturated heterocycles. The van der Waals surface area contributed by atoms with Crippen molar-refractivity contribution in [2.45, 2.75) is 24.2 Å². The molecule has 1 amide bonds. The van der Waals surface area contributed by atoms with Gasteiger partial charge in [-0.05, 0) is 25.5 Å². The molecule has 1 aromatic heterocycles. The van der Waals surface area contributed by atoms with E-state index in [2.05, 4.69) is 14.9 Å². The van der Waals surface area contributed by atoms with Crippen molar-refractivity contribution in [3.63, 3.8) is 0 Å². The van der Waals surface area contributed by atoms with Crippen LogP contribution >= 0.6 is 23.2 Å². The topological polar surface area (TPSA) is 75.4 Å². The number of rotatable bonds is 3. The minimum atomic E-state index is -0.919. The third-order valence-corrected chi connectivity index (χ3v) is 6.53. The van der Waals surface area contributed by atoms with Gasteiger partial charge < -0.3 is 10.6 Å². The molecule has 1 unspecified atom stereocenters. The summed E-state index contributed by atoms with van der Waals surface area (Å²) in [5.41, 5.74) is 6.26. The summed E-state index contributed by atoms with van der Waals surface area (Å²) in [6.07, 6.45) is 0.520. The molecule has 0 radical (unpaired) electrons. The second-order valence-corrected chi connectivity index (χ2v) is 8.81. The quantitative estimate of drug-likeness (QED) is 0.810. The van der Waals surface area contributed by atoms with Crippen LogP contribution in [0.15, 0.2) is 24.3 Å². The Bertz CT molecular complexity index is 866. The predicted molar refractivity (Wildman–Crippen MR) is 103 cm³/mol. The number of alkyl halides is 2. The van der Waals surface area contributed by atoms with Crippen molar-refractivity contribution < 1.29 is 4.79 Å².